The Kier molecular flexibility index (Phi) is 5.86. The highest BCUT2D eigenvalue weighted by atomic mass is 35.5. The van der Waals surface area contributed by atoms with Crippen LogP contribution in [-0.2, 0) is 11.2 Å². The Morgan fingerprint density at radius 1 is 1.30 bits per heavy atom. The van der Waals surface area contributed by atoms with E-state index >= 15 is 0 Å². The van der Waals surface area contributed by atoms with E-state index in [0.29, 0.717) is 28.3 Å². The van der Waals surface area contributed by atoms with E-state index in [1.807, 2.05) is 6.07 Å². The first-order chi connectivity index (χ1) is 9.70. The van der Waals surface area contributed by atoms with Crippen molar-refractivity contribution in [3.63, 3.8) is 0 Å². The highest BCUT2D eigenvalue weighted by molar-refractivity contribution is 6.36. The number of aromatic nitrogens is 1. The number of benzene rings is 1. The number of hydrogen-bond acceptors (Lipinski definition) is 4. The lowest BCUT2D eigenvalue weighted by atomic mass is 10.2. The molecule has 1 aromatic heterocycles. The second kappa shape index (κ2) is 7.64. The summed E-state index contributed by atoms with van der Waals surface area (Å²) in [5, 5.41) is 4.39. The molecule has 6 heteroatoms. The van der Waals surface area contributed by atoms with Gasteiger partial charge in [-0.1, -0.05) is 23.2 Å². The van der Waals surface area contributed by atoms with Crippen LogP contribution in [0.5, 0.6) is 0 Å². The fourth-order valence-corrected chi connectivity index (χ4v) is 2.24. The third-order valence-corrected chi connectivity index (χ3v) is 3.30. The molecule has 0 radical (unpaired) electrons. The number of methoxy groups -OCH3 is 1. The summed E-state index contributed by atoms with van der Waals surface area (Å²) in [6.07, 6.45) is 2.40. The summed E-state index contributed by atoms with van der Waals surface area (Å²) in [4.78, 5) is 4.24. The van der Waals surface area contributed by atoms with Gasteiger partial charge in [0.15, 0.2) is 11.7 Å². The predicted octanol–water partition coefficient (Wildman–Crippen LogP) is 3.43. The zero-order valence-corrected chi connectivity index (χ0v) is 12.7. The minimum Gasteiger partial charge on any atom is -0.441 e. The van der Waals surface area contributed by atoms with Gasteiger partial charge in [0, 0.05) is 37.2 Å². The molecule has 0 saturated heterocycles. The van der Waals surface area contributed by atoms with Crippen molar-refractivity contribution in [1.29, 1.82) is 0 Å². The Hall–Kier alpha value is -1.07. The monoisotopic (exact) mass is 314 g/mol. The second-order valence-electron chi connectivity index (χ2n) is 4.24. The minimum atomic E-state index is 0.554. The van der Waals surface area contributed by atoms with E-state index in [1.54, 1.807) is 25.4 Å². The Labute approximate surface area is 128 Å². The van der Waals surface area contributed by atoms with Gasteiger partial charge in [0.2, 0.25) is 0 Å². The molecule has 0 aliphatic rings. The maximum absolute atomic E-state index is 6.14. The third-order valence-electron chi connectivity index (χ3n) is 2.75. The lowest BCUT2D eigenvalue weighted by Crippen LogP contribution is -2.21. The first kappa shape index (κ1) is 15.3. The molecule has 1 aromatic carbocycles. The molecule has 0 saturated carbocycles. The largest absolute Gasteiger partial charge is 0.441 e. The molecule has 2 aromatic rings. The summed E-state index contributed by atoms with van der Waals surface area (Å²) >= 11 is 12.0. The van der Waals surface area contributed by atoms with Crippen molar-refractivity contribution >= 4 is 23.2 Å². The maximum atomic E-state index is 6.14. The van der Waals surface area contributed by atoms with Crippen LogP contribution in [0.1, 0.15) is 5.89 Å². The maximum Gasteiger partial charge on any atom is 0.196 e. The third kappa shape index (κ3) is 4.21. The quantitative estimate of drug-likeness (QED) is 0.795. The van der Waals surface area contributed by atoms with Gasteiger partial charge in [0.25, 0.3) is 0 Å². The zero-order chi connectivity index (χ0) is 14.4. The van der Waals surface area contributed by atoms with Crippen LogP contribution in [0.25, 0.3) is 11.3 Å². The van der Waals surface area contributed by atoms with Crippen LogP contribution >= 0.6 is 23.2 Å². The molecular weight excluding hydrogens is 299 g/mol. The summed E-state index contributed by atoms with van der Waals surface area (Å²) in [6.45, 7) is 2.29. The topological polar surface area (TPSA) is 47.3 Å². The molecule has 0 bridgehead atoms. The molecule has 0 unspecified atom stereocenters. The molecule has 0 fully saturated rings. The zero-order valence-electron chi connectivity index (χ0n) is 11.2. The number of nitrogens with one attached hydrogen (secondary N) is 1. The van der Waals surface area contributed by atoms with Crippen LogP contribution in [0.2, 0.25) is 10.0 Å². The van der Waals surface area contributed by atoms with E-state index in [0.717, 1.165) is 25.1 Å². The normalized spacial score (nSPS) is 10.9. The predicted molar refractivity (Wildman–Crippen MR) is 80.4 cm³/mol. The molecule has 0 aliphatic carbocycles. The first-order valence-corrected chi connectivity index (χ1v) is 7.06. The smallest absolute Gasteiger partial charge is 0.196 e. The van der Waals surface area contributed by atoms with E-state index in [1.165, 1.54) is 0 Å². The summed E-state index contributed by atoms with van der Waals surface area (Å²) in [7, 11) is 1.68. The van der Waals surface area contributed by atoms with E-state index in [-0.39, 0.29) is 0 Å². The van der Waals surface area contributed by atoms with Crippen molar-refractivity contribution in [2.24, 2.45) is 0 Å². The number of ether oxygens (including phenoxy) is 1. The summed E-state index contributed by atoms with van der Waals surface area (Å²) in [5.74, 6) is 1.33. The lowest BCUT2D eigenvalue weighted by Gasteiger charge is -2.02. The highest BCUT2D eigenvalue weighted by Gasteiger charge is 2.10. The molecule has 20 heavy (non-hydrogen) atoms. The summed E-state index contributed by atoms with van der Waals surface area (Å²) < 4.78 is 10.6. The van der Waals surface area contributed by atoms with E-state index in [4.69, 9.17) is 32.4 Å². The average Bonchev–Trinajstić information content (AvgIpc) is 2.87. The minimum absolute atomic E-state index is 0.554. The number of halogens is 2. The second-order valence-corrected chi connectivity index (χ2v) is 5.08. The summed E-state index contributed by atoms with van der Waals surface area (Å²) in [6, 6.07) is 5.29. The van der Waals surface area contributed by atoms with Crippen LogP contribution in [0.4, 0.5) is 0 Å². The van der Waals surface area contributed by atoms with Crippen molar-refractivity contribution in [2.75, 3.05) is 26.8 Å². The van der Waals surface area contributed by atoms with Gasteiger partial charge in [-0.3, -0.25) is 0 Å². The van der Waals surface area contributed by atoms with Crippen LogP contribution in [0.15, 0.2) is 28.8 Å². The lowest BCUT2D eigenvalue weighted by molar-refractivity contribution is 0.199. The number of oxazole rings is 1. The molecule has 4 nitrogen and oxygen atoms in total. The van der Waals surface area contributed by atoms with Gasteiger partial charge in [-0.15, -0.1) is 0 Å². The van der Waals surface area contributed by atoms with Gasteiger partial charge in [-0.2, -0.15) is 0 Å². The number of hydrogen-bond donors (Lipinski definition) is 1. The van der Waals surface area contributed by atoms with Crippen LogP contribution in [0, 0.1) is 0 Å². The Balaban J connectivity index is 1.95. The molecule has 2 rings (SSSR count). The van der Waals surface area contributed by atoms with Gasteiger partial charge in [0.1, 0.15) is 0 Å². The number of rotatable bonds is 7. The van der Waals surface area contributed by atoms with E-state index in [2.05, 4.69) is 10.3 Å². The molecule has 0 spiro atoms. The van der Waals surface area contributed by atoms with Crippen molar-refractivity contribution in [3.05, 3.63) is 40.3 Å². The highest BCUT2D eigenvalue weighted by Crippen LogP contribution is 2.30. The molecule has 0 aliphatic heterocycles. The van der Waals surface area contributed by atoms with Gasteiger partial charge in [-0.25, -0.2) is 4.98 Å². The van der Waals surface area contributed by atoms with Crippen LogP contribution in [-0.4, -0.2) is 31.8 Å². The van der Waals surface area contributed by atoms with Crippen molar-refractivity contribution in [1.82, 2.24) is 10.3 Å². The average molecular weight is 315 g/mol. The first-order valence-electron chi connectivity index (χ1n) is 6.30. The van der Waals surface area contributed by atoms with Crippen molar-refractivity contribution < 1.29 is 9.15 Å². The van der Waals surface area contributed by atoms with Gasteiger partial charge in [0.05, 0.1) is 17.8 Å². The van der Waals surface area contributed by atoms with Gasteiger partial charge >= 0.3 is 0 Å². The van der Waals surface area contributed by atoms with Gasteiger partial charge in [-0.05, 0) is 18.2 Å². The Morgan fingerprint density at radius 2 is 2.15 bits per heavy atom. The van der Waals surface area contributed by atoms with Crippen LogP contribution < -0.4 is 5.32 Å². The molecule has 0 amide bonds. The molecule has 108 valence electrons. The van der Waals surface area contributed by atoms with E-state index in [9.17, 15) is 0 Å². The summed E-state index contributed by atoms with van der Waals surface area (Å²) in [5.41, 5.74) is 0.794. The fourth-order valence-electron chi connectivity index (χ4n) is 1.73. The van der Waals surface area contributed by atoms with Crippen molar-refractivity contribution in [2.45, 2.75) is 6.42 Å². The fraction of sp³-hybridized carbons (Fsp3) is 0.357. The van der Waals surface area contributed by atoms with Gasteiger partial charge < -0.3 is 14.5 Å². The van der Waals surface area contributed by atoms with E-state index < -0.39 is 0 Å². The molecule has 1 heterocycles. The molecule has 1 N–H and O–H groups in total. The molecule has 0 atom stereocenters. The SMILES string of the molecule is COCCNCCc1ncc(-c2ccc(Cl)cc2Cl)o1. The van der Waals surface area contributed by atoms with Crippen LogP contribution in [0.3, 0.4) is 0 Å². The van der Waals surface area contributed by atoms with Crippen molar-refractivity contribution in [3.8, 4) is 11.3 Å². The molecular formula is C14H16Cl2N2O2. The Morgan fingerprint density at radius 3 is 2.90 bits per heavy atom. The Bertz CT molecular complexity index is 558. The standard InChI is InChI=1S/C14H16Cl2N2O2/c1-19-7-6-17-5-4-14-18-9-13(20-14)11-3-2-10(15)8-12(11)16/h2-3,8-9,17H,4-7H2,1H3. The number of nitrogens with zero attached hydrogens (tertiary/aromatic N) is 1.